The quantitative estimate of drug-likeness (QED) is 0.808. The molecule has 1 unspecified atom stereocenters. The summed E-state index contributed by atoms with van der Waals surface area (Å²) in [5, 5.41) is 0.743. The molecule has 0 N–H and O–H groups in total. The van der Waals surface area contributed by atoms with Gasteiger partial charge in [-0.25, -0.2) is 0 Å². The smallest absolute Gasteiger partial charge is 0.263 e. The van der Waals surface area contributed by atoms with Gasteiger partial charge in [-0.1, -0.05) is 11.6 Å². The number of aryl methyl sites for hydroxylation is 2. The van der Waals surface area contributed by atoms with Crippen molar-refractivity contribution in [3.05, 3.63) is 28.3 Å². The van der Waals surface area contributed by atoms with Crippen LogP contribution in [0, 0.1) is 13.8 Å². The highest BCUT2D eigenvalue weighted by Gasteiger charge is 2.26. The lowest BCUT2D eigenvalue weighted by molar-refractivity contribution is -0.141. The molecule has 0 aromatic heterocycles. The number of nitrogens with zero attached hydrogens (tertiary/aromatic N) is 1. The van der Waals surface area contributed by atoms with E-state index in [1.807, 2.05) is 58.6 Å². The molecule has 0 spiro atoms. The first-order valence-electron chi connectivity index (χ1n) is 7.40. The molecule has 0 heterocycles. The fourth-order valence-corrected chi connectivity index (χ4v) is 2.65. The number of amides is 1. The van der Waals surface area contributed by atoms with Gasteiger partial charge in [-0.3, -0.25) is 4.79 Å². The monoisotopic (exact) mass is 311 g/mol. The molecular weight excluding hydrogens is 286 g/mol. The van der Waals surface area contributed by atoms with Gasteiger partial charge in [-0.05, 0) is 71.7 Å². The molecule has 21 heavy (non-hydrogen) atoms. The van der Waals surface area contributed by atoms with Gasteiger partial charge < -0.3 is 9.64 Å². The summed E-state index contributed by atoms with van der Waals surface area (Å²) in [5.41, 5.74) is 1.91. The Kier molecular flexibility index (Phi) is 6.09. The zero-order valence-electron chi connectivity index (χ0n) is 14.0. The van der Waals surface area contributed by atoms with Gasteiger partial charge in [0.05, 0.1) is 0 Å². The second kappa shape index (κ2) is 7.17. The first kappa shape index (κ1) is 17.8. The van der Waals surface area contributed by atoms with Crippen LogP contribution in [0.4, 0.5) is 0 Å². The Hall–Kier alpha value is -1.22. The molecule has 1 amide bonds. The maximum Gasteiger partial charge on any atom is 0.263 e. The molecule has 0 aliphatic carbocycles. The number of benzene rings is 1. The van der Waals surface area contributed by atoms with E-state index in [0.29, 0.717) is 5.75 Å². The van der Waals surface area contributed by atoms with Crippen molar-refractivity contribution in [3.8, 4) is 5.75 Å². The van der Waals surface area contributed by atoms with Gasteiger partial charge >= 0.3 is 0 Å². The average molecular weight is 312 g/mol. The Morgan fingerprint density at radius 2 is 1.48 bits per heavy atom. The van der Waals surface area contributed by atoms with E-state index in [-0.39, 0.29) is 18.0 Å². The van der Waals surface area contributed by atoms with Crippen molar-refractivity contribution in [2.24, 2.45) is 0 Å². The number of carbonyl (C=O) groups is 1. The van der Waals surface area contributed by atoms with Gasteiger partial charge in [0.2, 0.25) is 0 Å². The van der Waals surface area contributed by atoms with Crippen molar-refractivity contribution in [2.45, 2.75) is 66.7 Å². The predicted octanol–water partition coefficient (Wildman–Crippen LogP) is 4.37. The van der Waals surface area contributed by atoms with Crippen LogP contribution in [0.1, 0.15) is 45.7 Å². The number of ether oxygens (including phenoxy) is 1. The van der Waals surface area contributed by atoms with Gasteiger partial charge in [-0.2, -0.15) is 0 Å². The topological polar surface area (TPSA) is 29.5 Å². The molecule has 1 aromatic carbocycles. The lowest BCUT2D eigenvalue weighted by Crippen LogP contribution is -2.48. The van der Waals surface area contributed by atoms with E-state index in [1.54, 1.807) is 6.92 Å². The van der Waals surface area contributed by atoms with E-state index in [9.17, 15) is 4.79 Å². The lowest BCUT2D eigenvalue weighted by atomic mass is 10.1. The van der Waals surface area contributed by atoms with Crippen LogP contribution in [0.3, 0.4) is 0 Å². The zero-order chi connectivity index (χ0) is 16.3. The molecule has 1 aromatic rings. The summed E-state index contributed by atoms with van der Waals surface area (Å²) in [6.07, 6.45) is -0.519. The van der Waals surface area contributed by atoms with Crippen molar-refractivity contribution in [3.63, 3.8) is 0 Å². The summed E-state index contributed by atoms with van der Waals surface area (Å²) in [5.74, 6) is 0.688. The molecule has 0 bridgehead atoms. The summed E-state index contributed by atoms with van der Waals surface area (Å²) < 4.78 is 5.82. The second-order valence-corrected chi connectivity index (χ2v) is 6.44. The number of carbonyl (C=O) groups excluding carboxylic acids is 1. The summed E-state index contributed by atoms with van der Waals surface area (Å²) in [4.78, 5) is 14.4. The Bertz CT molecular complexity index is 481. The van der Waals surface area contributed by atoms with Crippen LogP contribution in [0.5, 0.6) is 5.75 Å². The molecular formula is C17H26ClNO2. The van der Waals surface area contributed by atoms with Crippen LogP contribution < -0.4 is 4.74 Å². The van der Waals surface area contributed by atoms with Gasteiger partial charge in [0.15, 0.2) is 6.10 Å². The Balaban J connectivity index is 2.90. The largest absolute Gasteiger partial charge is 0.481 e. The predicted molar refractivity (Wildman–Crippen MR) is 88.1 cm³/mol. The normalized spacial score (nSPS) is 12.7. The second-order valence-electron chi connectivity index (χ2n) is 6.06. The Morgan fingerprint density at radius 3 is 1.86 bits per heavy atom. The molecule has 118 valence electrons. The maximum absolute atomic E-state index is 12.5. The molecule has 1 rings (SSSR count). The number of hydrogen-bond acceptors (Lipinski definition) is 2. The highest BCUT2D eigenvalue weighted by atomic mass is 35.5. The van der Waals surface area contributed by atoms with E-state index in [4.69, 9.17) is 16.3 Å². The highest BCUT2D eigenvalue weighted by Crippen LogP contribution is 2.26. The third kappa shape index (κ3) is 4.37. The first-order valence-corrected chi connectivity index (χ1v) is 7.78. The maximum atomic E-state index is 12.5. The summed E-state index contributed by atoms with van der Waals surface area (Å²) in [6, 6.07) is 4.04. The fourth-order valence-electron chi connectivity index (χ4n) is 2.54. The Morgan fingerprint density at radius 1 is 1.05 bits per heavy atom. The van der Waals surface area contributed by atoms with Gasteiger partial charge in [-0.15, -0.1) is 0 Å². The van der Waals surface area contributed by atoms with Crippen LogP contribution in [0.2, 0.25) is 5.02 Å². The molecule has 0 fully saturated rings. The Labute approximate surface area is 133 Å². The zero-order valence-corrected chi connectivity index (χ0v) is 14.8. The molecule has 0 radical (unpaired) electrons. The van der Waals surface area contributed by atoms with Crippen molar-refractivity contribution < 1.29 is 9.53 Å². The molecule has 0 saturated heterocycles. The molecule has 0 aliphatic heterocycles. The molecule has 1 atom stereocenters. The minimum absolute atomic E-state index is 0.00487. The van der Waals surface area contributed by atoms with E-state index in [0.717, 1.165) is 16.1 Å². The molecule has 0 saturated carbocycles. The van der Waals surface area contributed by atoms with Crippen molar-refractivity contribution in [1.82, 2.24) is 4.90 Å². The van der Waals surface area contributed by atoms with Crippen LogP contribution in [0.25, 0.3) is 0 Å². The van der Waals surface area contributed by atoms with Crippen LogP contribution >= 0.6 is 11.6 Å². The third-order valence-electron chi connectivity index (χ3n) is 3.44. The summed E-state index contributed by atoms with van der Waals surface area (Å²) in [7, 11) is 0. The molecule has 4 heteroatoms. The van der Waals surface area contributed by atoms with E-state index in [1.165, 1.54) is 0 Å². The van der Waals surface area contributed by atoms with Crippen molar-refractivity contribution in [1.29, 1.82) is 0 Å². The fraction of sp³-hybridized carbons (Fsp3) is 0.588. The highest BCUT2D eigenvalue weighted by molar-refractivity contribution is 6.32. The van der Waals surface area contributed by atoms with Crippen molar-refractivity contribution >= 4 is 17.5 Å². The van der Waals surface area contributed by atoms with Gasteiger partial charge in [0.25, 0.3) is 5.91 Å². The standard InChI is InChI=1S/C17H26ClNO2/c1-10(2)19(11(3)4)17(20)14(7)21-15-8-12(5)16(18)13(6)9-15/h8-11,14H,1-7H3. The lowest BCUT2D eigenvalue weighted by Gasteiger charge is -2.33. The summed E-state index contributed by atoms with van der Waals surface area (Å²) >= 11 is 6.15. The number of halogens is 1. The van der Waals surface area contributed by atoms with Gasteiger partial charge in [0.1, 0.15) is 5.75 Å². The van der Waals surface area contributed by atoms with E-state index in [2.05, 4.69) is 0 Å². The molecule has 0 aliphatic rings. The number of rotatable bonds is 5. The average Bonchev–Trinajstić information content (AvgIpc) is 2.34. The van der Waals surface area contributed by atoms with Gasteiger partial charge in [0, 0.05) is 17.1 Å². The van der Waals surface area contributed by atoms with E-state index < -0.39 is 6.10 Å². The van der Waals surface area contributed by atoms with E-state index >= 15 is 0 Å². The van der Waals surface area contributed by atoms with Crippen LogP contribution in [0.15, 0.2) is 12.1 Å². The minimum Gasteiger partial charge on any atom is -0.481 e. The number of hydrogen-bond donors (Lipinski definition) is 0. The SMILES string of the molecule is Cc1cc(OC(C)C(=O)N(C(C)C)C(C)C)cc(C)c1Cl. The first-order chi connectivity index (χ1) is 9.65. The van der Waals surface area contributed by atoms with Crippen molar-refractivity contribution in [2.75, 3.05) is 0 Å². The minimum atomic E-state index is -0.519. The molecule has 3 nitrogen and oxygen atoms in total. The van der Waals surface area contributed by atoms with Crippen LogP contribution in [-0.4, -0.2) is 29.0 Å². The summed E-state index contributed by atoms with van der Waals surface area (Å²) in [6.45, 7) is 13.7. The third-order valence-corrected chi connectivity index (χ3v) is 4.03. The van der Waals surface area contributed by atoms with Crippen LogP contribution in [-0.2, 0) is 4.79 Å².